The Kier molecular flexibility index (Phi) is 2.55. The maximum atomic E-state index is 4.14. The van der Waals surface area contributed by atoms with Crippen LogP contribution >= 0.6 is 0 Å². The van der Waals surface area contributed by atoms with Gasteiger partial charge in [-0.3, -0.25) is 4.99 Å². The van der Waals surface area contributed by atoms with E-state index in [1.807, 2.05) is 6.34 Å². The molecule has 1 N–H and O–H groups in total. The maximum Gasteiger partial charge on any atom is 0.0824 e. The summed E-state index contributed by atoms with van der Waals surface area (Å²) in [5.74, 6) is 0.792. The van der Waals surface area contributed by atoms with Gasteiger partial charge in [-0.15, -0.1) is 0 Å². The Bertz CT molecular complexity index is 99.1. The SMILES string of the molecule is CCCC1CN=CNC1. The molecule has 2 nitrogen and oxygen atoms in total. The Balaban J connectivity index is 2.18. The number of hydrogen-bond acceptors (Lipinski definition) is 2. The molecule has 0 aromatic heterocycles. The summed E-state index contributed by atoms with van der Waals surface area (Å²) in [5.41, 5.74) is 0. The number of rotatable bonds is 2. The van der Waals surface area contributed by atoms with Crippen molar-refractivity contribution in [3.63, 3.8) is 0 Å². The van der Waals surface area contributed by atoms with E-state index in [9.17, 15) is 0 Å². The van der Waals surface area contributed by atoms with Crippen molar-refractivity contribution in [1.29, 1.82) is 0 Å². The van der Waals surface area contributed by atoms with Crippen molar-refractivity contribution >= 4 is 6.34 Å². The van der Waals surface area contributed by atoms with E-state index in [4.69, 9.17) is 0 Å². The molecular formula is C7H14N2. The van der Waals surface area contributed by atoms with Crippen LogP contribution < -0.4 is 5.32 Å². The van der Waals surface area contributed by atoms with Gasteiger partial charge in [0.05, 0.1) is 6.34 Å². The van der Waals surface area contributed by atoms with Gasteiger partial charge in [0, 0.05) is 13.1 Å². The lowest BCUT2D eigenvalue weighted by molar-refractivity contribution is 0.470. The van der Waals surface area contributed by atoms with Crippen LogP contribution in [-0.4, -0.2) is 19.4 Å². The summed E-state index contributed by atoms with van der Waals surface area (Å²) in [5, 5.41) is 3.13. The molecule has 1 heterocycles. The van der Waals surface area contributed by atoms with Gasteiger partial charge in [0.1, 0.15) is 0 Å². The average molecular weight is 126 g/mol. The monoisotopic (exact) mass is 126 g/mol. The number of nitrogens with one attached hydrogen (secondary N) is 1. The smallest absolute Gasteiger partial charge is 0.0824 e. The molecule has 1 unspecified atom stereocenters. The van der Waals surface area contributed by atoms with Crippen LogP contribution in [0.3, 0.4) is 0 Å². The molecule has 0 spiro atoms. The number of hydrogen-bond donors (Lipinski definition) is 1. The Morgan fingerprint density at radius 3 is 3.22 bits per heavy atom. The molecule has 0 amide bonds. The first kappa shape index (κ1) is 6.59. The first-order valence-electron chi connectivity index (χ1n) is 3.65. The molecular weight excluding hydrogens is 112 g/mol. The molecule has 0 aromatic carbocycles. The molecule has 2 heteroatoms. The van der Waals surface area contributed by atoms with E-state index < -0.39 is 0 Å². The molecule has 0 bridgehead atoms. The molecule has 0 fully saturated rings. The summed E-state index contributed by atoms with van der Waals surface area (Å²) < 4.78 is 0. The first-order chi connectivity index (χ1) is 4.43. The zero-order valence-electron chi connectivity index (χ0n) is 5.93. The second-order valence-corrected chi connectivity index (χ2v) is 2.56. The lowest BCUT2D eigenvalue weighted by Crippen LogP contribution is -2.28. The predicted octanol–water partition coefficient (Wildman–Crippen LogP) is 1.03. The minimum atomic E-state index is 0.792. The van der Waals surface area contributed by atoms with Gasteiger partial charge >= 0.3 is 0 Å². The van der Waals surface area contributed by atoms with E-state index in [0.29, 0.717) is 0 Å². The second kappa shape index (κ2) is 3.49. The zero-order chi connectivity index (χ0) is 6.53. The highest BCUT2D eigenvalue weighted by Crippen LogP contribution is 2.06. The van der Waals surface area contributed by atoms with Crippen molar-refractivity contribution in [2.24, 2.45) is 10.9 Å². The van der Waals surface area contributed by atoms with Gasteiger partial charge in [0.2, 0.25) is 0 Å². The molecule has 0 aromatic rings. The Labute approximate surface area is 56.4 Å². The molecule has 0 saturated heterocycles. The third-order valence-corrected chi connectivity index (χ3v) is 1.65. The van der Waals surface area contributed by atoms with Crippen LogP contribution in [0.15, 0.2) is 4.99 Å². The zero-order valence-corrected chi connectivity index (χ0v) is 5.93. The predicted molar refractivity (Wildman–Crippen MR) is 39.8 cm³/mol. The van der Waals surface area contributed by atoms with Gasteiger partial charge in [-0.2, -0.15) is 0 Å². The molecule has 52 valence electrons. The topological polar surface area (TPSA) is 24.4 Å². The Hall–Kier alpha value is -0.530. The third-order valence-electron chi connectivity index (χ3n) is 1.65. The fourth-order valence-electron chi connectivity index (χ4n) is 1.15. The van der Waals surface area contributed by atoms with E-state index >= 15 is 0 Å². The van der Waals surface area contributed by atoms with Crippen molar-refractivity contribution in [2.75, 3.05) is 13.1 Å². The van der Waals surface area contributed by atoms with Gasteiger partial charge < -0.3 is 5.32 Å². The highest BCUT2D eigenvalue weighted by atomic mass is 15.0. The summed E-state index contributed by atoms with van der Waals surface area (Å²) >= 11 is 0. The molecule has 1 rings (SSSR count). The van der Waals surface area contributed by atoms with Crippen molar-refractivity contribution < 1.29 is 0 Å². The van der Waals surface area contributed by atoms with Crippen molar-refractivity contribution in [1.82, 2.24) is 5.32 Å². The average Bonchev–Trinajstić information content (AvgIpc) is 1.91. The van der Waals surface area contributed by atoms with E-state index in [2.05, 4.69) is 17.2 Å². The van der Waals surface area contributed by atoms with Crippen LogP contribution in [0.5, 0.6) is 0 Å². The van der Waals surface area contributed by atoms with Gasteiger partial charge in [0.15, 0.2) is 0 Å². The lowest BCUT2D eigenvalue weighted by atomic mass is 10.0. The number of aliphatic imine (C=N–C) groups is 1. The third kappa shape index (κ3) is 2.04. The van der Waals surface area contributed by atoms with Crippen molar-refractivity contribution in [3.05, 3.63) is 0 Å². The summed E-state index contributed by atoms with van der Waals surface area (Å²) in [6, 6.07) is 0. The first-order valence-corrected chi connectivity index (χ1v) is 3.65. The van der Waals surface area contributed by atoms with Gasteiger partial charge in [-0.1, -0.05) is 13.3 Å². The van der Waals surface area contributed by atoms with Crippen LogP contribution in [-0.2, 0) is 0 Å². The Morgan fingerprint density at radius 1 is 1.78 bits per heavy atom. The molecule has 1 atom stereocenters. The number of nitrogens with zero attached hydrogens (tertiary/aromatic N) is 1. The highest BCUT2D eigenvalue weighted by molar-refractivity contribution is 5.54. The van der Waals surface area contributed by atoms with Crippen LogP contribution in [0.25, 0.3) is 0 Å². The quantitative estimate of drug-likeness (QED) is 0.587. The molecule has 1 aliphatic rings. The van der Waals surface area contributed by atoms with E-state index in [1.54, 1.807) is 0 Å². The Morgan fingerprint density at radius 2 is 2.67 bits per heavy atom. The van der Waals surface area contributed by atoms with Gasteiger partial charge in [0.25, 0.3) is 0 Å². The normalized spacial score (nSPS) is 25.7. The van der Waals surface area contributed by atoms with Crippen molar-refractivity contribution in [2.45, 2.75) is 19.8 Å². The van der Waals surface area contributed by atoms with Crippen LogP contribution in [0, 0.1) is 5.92 Å². The van der Waals surface area contributed by atoms with Crippen LogP contribution in [0.4, 0.5) is 0 Å². The molecule has 0 saturated carbocycles. The van der Waals surface area contributed by atoms with Gasteiger partial charge in [-0.25, -0.2) is 0 Å². The second-order valence-electron chi connectivity index (χ2n) is 2.56. The van der Waals surface area contributed by atoms with Crippen LogP contribution in [0.1, 0.15) is 19.8 Å². The van der Waals surface area contributed by atoms with Crippen molar-refractivity contribution in [3.8, 4) is 0 Å². The van der Waals surface area contributed by atoms with E-state index in [-0.39, 0.29) is 0 Å². The summed E-state index contributed by atoms with van der Waals surface area (Å²) in [7, 11) is 0. The minimum absolute atomic E-state index is 0.792. The molecule has 0 radical (unpaired) electrons. The summed E-state index contributed by atoms with van der Waals surface area (Å²) in [6.45, 7) is 4.37. The van der Waals surface area contributed by atoms with E-state index in [0.717, 1.165) is 19.0 Å². The van der Waals surface area contributed by atoms with Crippen LogP contribution in [0.2, 0.25) is 0 Å². The summed E-state index contributed by atoms with van der Waals surface area (Å²) in [6.07, 6.45) is 4.40. The molecule has 0 aliphatic carbocycles. The minimum Gasteiger partial charge on any atom is -0.376 e. The standard InChI is InChI=1S/C7H14N2/c1-2-3-7-4-8-6-9-5-7/h6-7H,2-5H2,1H3,(H,8,9). The van der Waals surface area contributed by atoms with Gasteiger partial charge in [-0.05, 0) is 12.3 Å². The largest absolute Gasteiger partial charge is 0.376 e. The fraction of sp³-hybridized carbons (Fsp3) is 0.857. The maximum absolute atomic E-state index is 4.14. The highest BCUT2D eigenvalue weighted by Gasteiger charge is 2.07. The lowest BCUT2D eigenvalue weighted by Gasteiger charge is -2.16. The summed E-state index contributed by atoms with van der Waals surface area (Å²) in [4.78, 5) is 4.14. The van der Waals surface area contributed by atoms with E-state index in [1.165, 1.54) is 12.8 Å². The fourth-order valence-corrected chi connectivity index (χ4v) is 1.15. The molecule has 1 aliphatic heterocycles. The molecule has 9 heavy (non-hydrogen) atoms.